The Kier molecular flexibility index (Phi) is 7.88. The standard InChI is InChI=1S/C16H33N3O/c17-16(14-15-8-2-3-9-18-15)20-13-7-6-12-19-10-4-1-5-11-19/h15-16,18H,1-14,17H2. The van der Waals surface area contributed by atoms with Gasteiger partial charge in [0.15, 0.2) is 0 Å². The third-order valence-electron chi connectivity index (χ3n) is 4.58. The van der Waals surface area contributed by atoms with Crippen LogP contribution in [-0.4, -0.2) is 50.0 Å². The van der Waals surface area contributed by atoms with E-state index in [9.17, 15) is 0 Å². The van der Waals surface area contributed by atoms with Crippen LogP contribution in [0.5, 0.6) is 0 Å². The lowest BCUT2D eigenvalue weighted by Gasteiger charge is -2.27. The summed E-state index contributed by atoms with van der Waals surface area (Å²) < 4.78 is 5.75. The topological polar surface area (TPSA) is 50.5 Å². The SMILES string of the molecule is NC(CC1CCCCN1)OCCCCN1CCCCC1. The zero-order chi connectivity index (χ0) is 14.0. The molecule has 2 aliphatic heterocycles. The van der Waals surface area contributed by atoms with E-state index >= 15 is 0 Å². The molecule has 0 bridgehead atoms. The molecule has 2 aliphatic rings. The second kappa shape index (κ2) is 9.72. The van der Waals surface area contributed by atoms with Crippen molar-refractivity contribution in [3.8, 4) is 0 Å². The highest BCUT2D eigenvalue weighted by atomic mass is 16.5. The number of hydrogen-bond donors (Lipinski definition) is 2. The van der Waals surface area contributed by atoms with Crippen molar-refractivity contribution in [2.24, 2.45) is 5.73 Å². The molecule has 0 amide bonds. The number of nitrogens with one attached hydrogen (secondary N) is 1. The van der Waals surface area contributed by atoms with Gasteiger partial charge in [0.2, 0.25) is 0 Å². The van der Waals surface area contributed by atoms with Crippen LogP contribution in [0.25, 0.3) is 0 Å². The Labute approximate surface area is 124 Å². The molecule has 0 aromatic rings. The molecule has 0 aromatic carbocycles. The zero-order valence-corrected chi connectivity index (χ0v) is 13.0. The maximum atomic E-state index is 6.06. The van der Waals surface area contributed by atoms with Crippen LogP contribution in [0.1, 0.15) is 57.8 Å². The Balaban J connectivity index is 1.43. The molecule has 4 nitrogen and oxygen atoms in total. The van der Waals surface area contributed by atoms with Crippen LogP contribution in [0.15, 0.2) is 0 Å². The van der Waals surface area contributed by atoms with Crippen LogP contribution in [0, 0.1) is 0 Å². The lowest BCUT2D eigenvalue weighted by Crippen LogP contribution is -2.40. The quantitative estimate of drug-likeness (QED) is 0.529. The number of ether oxygens (including phenoxy) is 1. The minimum Gasteiger partial charge on any atom is -0.364 e. The Morgan fingerprint density at radius 1 is 1.10 bits per heavy atom. The third-order valence-corrected chi connectivity index (χ3v) is 4.58. The lowest BCUT2D eigenvalue weighted by molar-refractivity contribution is 0.0389. The normalized spacial score (nSPS) is 26.6. The van der Waals surface area contributed by atoms with E-state index in [0.29, 0.717) is 6.04 Å². The van der Waals surface area contributed by atoms with E-state index in [4.69, 9.17) is 10.5 Å². The van der Waals surface area contributed by atoms with Gasteiger partial charge in [-0.15, -0.1) is 0 Å². The molecule has 2 saturated heterocycles. The molecule has 2 rings (SSSR count). The van der Waals surface area contributed by atoms with Crippen LogP contribution in [-0.2, 0) is 4.74 Å². The van der Waals surface area contributed by atoms with E-state index in [0.717, 1.165) is 26.0 Å². The molecular weight excluding hydrogens is 250 g/mol. The maximum absolute atomic E-state index is 6.06. The van der Waals surface area contributed by atoms with E-state index in [1.807, 2.05) is 0 Å². The molecule has 20 heavy (non-hydrogen) atoms. The molecule has 2 fully saturated rings. The average molecular weight is 283 g/mol. The van der Waals surface area contributed by atoms with Crippen molar-refractivity contribution in [2.45, 2.75) is 70.1 Å². The Morgan fingerprint density at radius 3 is 2.70 bits per heavy atom. The number of piperidine rings is 2. The van der Waals surface area contributed by atoms with Crippen molar-refractivity contribution in [1.82, 2.24) is 10.2 Å². The Hall–Kier alpha value is -0.160. The van der Waals surface area contributed by atoms with Crippen molar-refractivity contribution in [2.75, 3.05) is 32.8 Å². The fourth-order valence-corrected chi connectivity index (χ4v) is 3.33. The van der Waals surface area contributed by atoms with Gasteiger partial charge in [0.05, 0.1) is 0 Å². The van der Waals surface area contributed by atoms with Gasteiger partial charge in [0.25, 0.3) is 0 Å². The average Bonchev–Trinajstić information content (AvgIpc) is 2.49. The van der Waals surface area contributed by atoms with Crippen molar-refractivity contribution < 1.29 is 4.74 Å². The van der Waals surface area contributed by atoms with E-state index in [2.05, 4.69) is 10.2 Å². The predicted molar refractivity (Wildman–Crippen MR) is 83.7 cm³/mol. The smallest absolute Gasteiger partial charge is 0.107 e. The first kappa shape index (κ1) is 16.2. The van der Waals surface area contributed by atoms with E-state index < -0.39 is 0 Å². The highest BCUT2D eigenvalue weighted by molar-refractivity contribution is 4.74. The van der Waals surface area contributed by atoms with Gasteiger partial charge in [-0.1, -0.05) is 12.8 Å². The summed E-state index contributed by atoms with van der Waals surface area (Å²) in [5.41, 5.74) is 6.06. The van der Waals surface area contributed by atoms with Crippen LogP contribution in [0.2, 0.25) is 0 Å². The summed E-state index contributed by atoms with van der Waals surface area (Å²) in [6.07, 6.45) is 11.4. The van der Waals surface area contributed by atoms with Gasteiger partial charge in [-0.2, -0.15) is 0 Å². The van der Waals surface area contributed by atoms with Crippen molar-refractivity contribution >= 4 is 0 Å². The molecule has 4 heteroatoms. The van der Waals surface area contributed by atoms with Crippen LogP contribution >= 0.6 is 0 Å². The van der Waals surface area contributed by atoms with Gasteiger partial charge < -0.3 is 20.7 Å². The largest absolute Gasteiger partial charge is 0.364 e. The van der Waals surface area contributed by atoms with E-state index in [1.54, 1.807) is 0 Å². The van der Waals surface area contributed by atoms with Gasteiger partial charge in [-0.25, -0.2) is 0 Å². The monoisotopic (exact) mass is 283 g/mol. The van der Waals surface area contributed by atoms with E-state index in [-0.39, 0.29) is 6.23 Å². The fraction of sp³-hybridized carbons (Fsp3) is 1.00. The molecule has 0 saturated carbocycles. The van der Waals surface area contributed by atoms with E-state index in [1.165, 1.54) is 64.6 Å². The lowest BCUT2D eigenvalue weighted by atomic mass is 10.0. The minimum absolute atomic E-state index is 0.0828. The van der Waals surface area contributed by atoms with Gasteiger partial charge in [0, 0.05) is 19.1 Å². The van der Waals surface area contributed by atoms with Gasteiger partial charge >= 0.3 is 0 Å². The van der Waals surface area contributed by atoms with Crippen LogP contribution < -0.4 is 11.1 Å². The Morgan fingerprint density at radius 2 is 1.95 bits per heavy atom. The van der Waals surface area contributed by atoms with Gasteiger partial charge in [0.1, 0.15) is 6.23 Å². The van der Waals surface area contributed by atoms with Crippen molar-refractivity contribution in [3.05, 3.63) is 0 Å². The molecule has 0 aromatic heterocycles. The molecule has 118 valence electrons. The molecule has 0 spiro atoms. The number of nitrogens with zero attached hydrogens (tertiary/aromatic N) is 1. The second-order valence-corrected chi connectivity index (χ2v) is 6.40. The molecule has 0 radical (unpaired) electrons. The molecule has 2 unspecified atom stereocenters. The molecule has 2 atom stereocenters. The summed E-state index contributed by atoms with van der Waals surface area (Å²) in [5, 5.41) is 3.53. The van der Waals surface area contributed by atoms with Crippen molar-refractivity contribution in [3.63, 3.8) is 0 Å². The second-order valence-electron chi connectivity index (χ2n) is 6.40. The highest BCUT2D eigenvalue weighted by Crippen LogP contribution is 2.12. The summed E-state index contributed by atoms with van der Waals surface area (Å²) in [4.78, 5) is 2.59. The first-order chi connectivity index (χ1) is 9.84. The molecule has 3 N–H and O–H groups in total. The number of nitrogens with two attached hydrogens (primary N) is 1. The molecule has 0 aliphatic carbocycles. The third kappa shape index (κ3) is 6.53. The van der Waals surface area contributed by atoms with Crippen LogP contribution in [0.3, 0.4) is 0 Å². The molecular formula is C16H33N3O. The summed E-state index contributed by atoms with van der Waals surface area (Å²) >= 11 is 0. The van der Waals surface area contributed by atoms with Crippen LogP contribution in [0.4, 0.5) is 0 Å². The number of hydrogen-bond acceptors (Lipinski definition) is 4. The van der Waals surface area contributed by atoms with Gasteiger partial charge in [-0.3, -0.25) is 0 Å². The number of unbranched alkanes of at least 4 members (excludes halogenated alkanes) is 1. The summed E-state index contributed by atoms with van der Waals surface area (Å²) in [7, 11) is 0. The zero-order valence-electron chi connectivity index (χ0n) is 13.0. The first-order valence-corrected chi connectivity index (χ1v) is 8.67. The minimum atomic E-state index is -0.0828. The van der Waals surface area contributed by atoms with Gasteiger partial charge in [-0.05, 0) is 64.7 Å². The summed E-state index contributed by atoms with van der Waals surface area (Å²) in [6.45, 7) is 5.80. The highest BCUT2D eigenvalue weighted by Gasteiger charge is 2.16. The summed E-state index contributed by atoms with van der Waals surface area (Å²) in [6, 6.07) is 0.576. The summed E-state index contributed by atoms with van der Waals surface area (Å²) in [5.74, 6) is 0. The fourth-order valence-electron chi connectivity index (χ4n) is 3.33. The number of likely N-dealkylation sites (tertiary alicyclic amines) is 1. The number of rotatable bonds is 8. The predicted octanol–water partition coefficient (Wildman–Crippen LogP) is 2.09. The maximum Gasteiger partial charge on any atom is 0.107 e. The Bertz CT molecular complexity index is 238. The van der Waals surface area contributed by atoms with Crippen molar-refractivity contribution in [1.29, 1.82) is 0 Å². The molecule has 2 heterocycles. The first-order valence-electron chi connectivity index (χ1n) is 8.67.